The van der Waals surface area contributed by atoms with Crippen LogP contribution in [0.25, 0.3) is 0 Å². The van der Waals surface area contributed by atoms with Crippen molar-refractivity contribution in [2.45, 2.75) is 32.0 Å². The van der Waals surface area contributed by atoms with Crippen molar-refractivity contribution in [2.24, 2.45) is 0 Å². The summed E-state index contributed by atoms with van der Waals surface area (Å²) in [5.74, 6) is 0.279. The number of aryl methyl sites for hydroxylation is 1. The maximum Gasteiger partial charge on any atom is 0.389 e. The lowest BCUT2D eigenvalue weighted by atomic mass is 10.1. The summed E-state index contributed by atoms with van der Waals surface area (Å²) in [5.41, 5.74) is 0.922. The Labute approximate surface area is 120 Å². The predicted octanol–water partition coefficient (Wildman–Crippen LogP) is 3.26. The maximum absolute atomic E-state index is 12.2. The molecule has 4 nitrogen and oxygen atoms in total. The van der Waals surface area contributed by atoms with Crippen LogP contribution in [0.3, 0.4) is 0 Å². The van der Waals surface area contributed by atoms with E-state index < -0.39 is 12.6 Å². The molecule has 0 aliphatic rings. The summed E-state index contributed by atoms with van der Waals surface area (Å²) in [5, 5.41) is 10.7. The fourth-order valence-electron chi connectivity index (χ4n) is 1.93. The Bertz CT molecular complexity index is 554. The van der Waals surface area contributed by atoms with E-state index >= 15 is 0 Å². The molecular formula is C14H16F3N3O. The van der Waals surface area contributed by atoms with Gasteiger partial charge in [-0.1, -0.05) is 37.3 Å². The maximum atomic E-state index is 12.2. The number of aromatic nitrogens is 2. The van der Waals surface area contributed by atoms with Crippen molar-refractivity contribution in [3.8, 4) is 0 Å². The molecule has 2 rings (SSSR count). The van der Waals surface area contributed by atoms with Crippen LogP contribution in [0, 0.1) is 0 Å². The molecule has 0 saturated carbocycles. The summed E-state index contributed by atoms with van der Waals surface area (Å²) in [6, 6.07) is 9.11. The van der Waals surface area contributed by atoms with Crippen molar-refractivity contribution in [1.82, 2.24) is 15.5 Å². The Morgan fingerprint density at radius 3 is 2.52 bits per heavy atom. The average molecular weight is 299 g/mol. The van der Waals surface area contributed by atoms with Gasteiger partial charge in [-0.3, -0.25) is 0 Å². The predicted molar refractivity (Wildman–Crippen MR) is 70.6 cm³/mol. The molecule has 114 valence electrons. The molecular weight excluding hydrogens is 283 g/mol. The van der Waals surface area contributed by atoms with Crippen LogP contribution in [0.4, 0.5) is 13.2 Å². The summed E-state index contributed by atoms with van der Waals surface area (Å²) in [4.78, 5) is 0. The third-order valence-corrected chi connectivity index (χ3v) is 2.89. The first-order valence-corrected chi connectivity index (χ1v) is 6.67. The van der Waals surface area contributed by atoms with Gasteiger partial charge >= 0.3 is 6.18 Å². The highest BCUT2D eigenvalue weighted by atomic mass is 19.4. The molecule has 1 aromatic carbocycles. The number of nitrogens with zero attached hydrogens (tertiary/aromatic N) is 2. The van der Waals surface area contributed by atoms with Crippen LogP contribution in [-0.2, 0) is 6.42 Å². The molecule has 1 heterocycles. The average Bonchev–Trinajstić information content (AvgIpc) is 2.91. The zero-order chi connectivity index (χ0) is 15.3. The number of benzene rings is 1. The molecule has 0 saturated heterocycles. The molecule has 1 aromatic heterocycles. The van der Waals surface area contributed by atoms with E-state index in [1.165, 1.54) is 0 Å². The highest BCUT2D eigenvalue weighted by Gasteiger charge is 2.28. The minimum atomic E-state index is -4.23. The molecule has 1 atom stereocenters. The SMILES string of the molecule is CCNC(c1ccccc1)c1nnc(CCC(F)(F)F)o1. The lowest BCUT2D eigenvalue weighted by molar-refractivity contribution is -0.134. The first kappa shape index (κ1) is 15.5. The first-order chi connectivity index (χ1) is 9.99. The number of rotatable bonds is 6. The normalized spacial score (nSPS) is 13.3. The quantitative estimate of drug-likeness (QED) is 0.889. The molecule has 21 heavy (non-hydrogen) atoms. The first-order valence-electron chi connectivity index (χ1n) is 6.67. The molecule has 0 aliphatic carbocycles. The van der Waals surface area contributed by atoms with E-state index in [4.69, 9.17) is 4.42 Å². The summed E-state index contributed by atoms with van der Waals surface area (Å²) >= 11 is 0. The van der Waals surface area contributed by atoms with Crippen LogP contribution >= 0.6 is 0 Å². The van der Waals surface area contributed by atoms with Gasteiger partial charge in [-0.05, 0) is 12.1 Å². The number of hydrogen-bond donors (Lipinski definition) is 1. The van der Waals surface area contributed by atoms with E-state index in [1.807, 2.05) is 37.3 Å². The van der Waals surface area contributed by atoms with Gasteiger partial charge in [0.25, 0.3) is 0 Å². The smallest absolute Gasteiger partial charge is 0.389 e. The third-order valence-electron chi connectivity index (χ3n) is 2.89. The van der Waals surface area contributed by atoms with Gasteiger partial charge in [-0.25, -0.2) is 0 Å². The van der Waals surface area contributed by atoms with Crippen LogP contribution < -0.4 is 5.32 Å². The molecule has 0 amide bonds. The van der Waals surface area contributed by atoms with Gasteiger partial charge in [-0.2, -0.15) is 13.2 Å². The van der Waals surface area contributed by atoms with Crippen LogP contribution in [0.1, 0.15) is 36.7 Å². The molecule has 0 bridgehead atoms. The molecule has 7 heteroatoms. The number of nitrogens with one attached hydrogen (secondary N) is 1. The molecule has 0 fully saturated rings. The van der Waals surface area contributed by atoms with Gasteiger partial charge in [0.2, 0.25) is 11.8 Å². The van der Waals surface area contributed by atoms with E-state index in [0.717, 1.165) is 5.56 Å². The second-order valence-electron chi connectivity index (χ2n) is 4.55. The summed E-state index contributed by atoms with van der Waals surface area (Å²) < 4.78 is 41.9. The second-order valence-corrected chi connectivity index (χ2v) is 4.55. The Balaban J connectivity index is 2.13. The lowest BCUT2D eigenvalue weighted by Gasteiger charge is -2.13. The van der Waals surface area contributed by atoms with Crippen molar-refractivity contribution >= 4 is 0 Å². The molecule has 0 radical (unpaired) electrons. The van der Waals surface area contributed by atoms with E-state index in [2.05, 4.69) is 15.5 Å². The molecule has 1 unspecified atom stereocenters. The summed E-state index contributed by atoms with van der Waals surface area (Å²) in [7, 11) is 0. The highest BCUT2D eigenvalue weighted by Crippen LogP contribution is 2.24. The van der Waals surface area contributed by atoms with Crippen LogP contribution in [0.15, 0.2) is 34.7 Å². The number of hydrogen-bond acceptors (Lipinski definition) is 4. The minimum absolute atomic E-state index is 0.00107. The molecule has 1 N–H and O–H groups in total. The van der Waals surface area contributed by atoms with Crippen molar-refractivity contribution in [2.75, 3.05) is 6.54 Å². The Hall–Kier alpha value is -1.89. The molecule has 0 aliphatic heterocycles. The van der Waals surface area contributed by atoms with Crippen molar-refractivity contribution in [1.29, 1.82) is 0 Å². The highest BCUT2D eigenvalue weighted by molar-refractivity contribution is 5.23. The molecule has 2 aromatic rings. The van der Waals surface area contributed by atoms with E-state index in [1.54, 1.807) is 0 Å². The number of halogens is 3. The second kappa shape index (κ2) is 6.71. The zero-order valence-corrected chi connectivity index (χ0v) is 11.5. The van der Waals surface area contributed by atoms with E-state index in [-0.39, 0.29) is 24.2 Å². The Morgan fingerprint density at radius 1 is 1.19 bits per heavy atom. The topological polar surface area (TPSA) is 51.0 Å². The zero-order valence-electron chi connectivity index (χ0n) is 11.5. The fraction of sp³-hybridized carbons (Fsp3) is 0.429. The standard InChI is InChI=1S/C14H16F3N3O/c1-2-18-12(10-6-4-3-5-7-10)13-20-19-11(21-13)8-9-14(15,16)17/h3-7,12,18H,2,8-9H2,1H3. The van der Waals surface area contributed by atoms with Crippen molar-refractivity contribution in [3.63, 3.8) is 0 Å². The van der Waals surface area contributed by atoms with Crippen molar-refractivity contribution in [3.05, 3.63) is 47.7 Å². The Kier molecular flexibility index (Phi) is 4.95. The van der Waals surface area contributed by atoms with Gasteiger partial charge < -0.3 is 9.73 Å². The van der Waals surface area contributed by atoms with Gasteiger partial charge in [-0.15, -0.1) is 10.2 Å². The van der Waals surface area contributed by atoms with Gasteiger partial charge in [0, 0.05) is 6.42 Å². The van der Waals surface area contributed by atoms with E-state index in [9.17, 15) is 13.2 Å². The number of alkyl halides is 3. The van der Waals surface area contributed by atoms with Gasteiger partial charge in [0.15, 0.2) is 0 Å². The monoisotopic (exact) mass is 299 g/mol. The van der Waals surface area contributed by atoms with Crippen molar-refractivity contribution < 1.29 is 17.6 Å². The minimum Gasteiger partial charge on any atom is -0.423 e. The van der Waals surface area contributed by atoms with E-state index in [0.29, 0.717) is 6.54 Å². The Morgan fingerprint density at radius 2 is 1.90 bits per heavy atom. The van der Waals surface area contributed by atoms with Gasteiger partial charge in [0.1, 0.15) is 6.04 Å². The molecule has 0 spiro atoms. The summed E-state index contributed by atoms with van der Waals surface area (Å²) in [6.45, 7) is 2.59. The van der Waals surface area contributed by atoms with Crippen LogP contribution in [-0.4, -0.2) is 22.9 Å². The van der Waals surface area contributed by atoms with Crippen LogP contribution in [0.5, 0.6) is 0 Å². The van der Waals surface area contributed by atoms with Crippen LogP contribution in [0.2, 0.25) is 0 Å². The fourth-order valence-corrected chi connectivity index (χ4v) is 1.93. The van der Waals surface area contributed by atoms with Gasteiger partial charge in [0.05, 0.1) is 6.42 Å². The third kappa shape index (κ3) is 4.56. The summed E-state index contributed by atoms with van der Waals surface area (Å²) in [6.07, 6.45) is -5.49. The largest absolute Gasteiger partial charge is 0.423 e. The lowest BCUT2D eigenvalue weighted by Crippen LogP contribution is -2.22.